The number of nitrogens with zero attached hydrogens (tertiary/aromatic N) is 1. The highest BCUT2D eigenvalue weighted by Gasteiger charge is 2.10. The first kappa shape index (κ1) is 24.6. The summed E-state index contributed by atoms with van der Waals surface area (Å²) >= 11 is 0. The fourth-order valence-corrected chi connectivity index (χ4v) is 3.31. The molecule has 0 bridgehead atoms. The van der Waals surface area contributed by atoms with E-state index in [4.69, 9.17) is 9.47 Å². The third-order valence-corrected chi connectivity index (χ3v) is 5.19. The van der Waals surface area contributed by atoms with Crippen LogP contribution in [-0.4, -0.2) is 37.5 Å². The van der Waals surface area contributed by atoms with Crippen LogP contribution in [0.2, 0.25) is 0 Å². The van der Waals surface area contributed by atoms with Crippen molar-refractivity contribution >= 4 is 11.9 Å². The number of rotatable bonds is 11. The molecule has 2 N–H and O–H groups in total. The molecular formula is C27H31N3O4. The summed E-state index contributed by atoms with van der Waals surface area (Å²) in [5.74, 6) is 1.11. The SMILES string of the molecule is COc1cc(CNC(=O)CCNC(=O)N(C)Cc2ccccc2)ccc1OCc1ccccc1. The molecule has 3 rings (SSSR count). The molecule has 0 aliphatic heterocycles. The number of urea groups is 1. The van der Waals surface area contributed by atoms with Crippen LogP contribution in [0, 0.1) is 0 Å². The van der Waals surface area contributed by atoms with Crippen molar-refractivity contribution in [3.05, 3.63) is 95.6 Å². The van der Waals surface area contributed by atoms with Crippen molar-refractivity contribution in [1.82, 2.24) is 15.5 Å². The van der Waals surface area contributed by atoms with Gasteiger partial charge < -0.3 is 25.0 Å². The Morgan fingerprint density at radius 2 is 1.50 bits per heavy atom. The summed E-state index contributed by atoms with van der Waals surface area (Å²) in [5.41, 5.74) is 3.01. The van der Waals surface area contributed by atoms with Crippen molar-refractivity contribution in [3.8, 4) is 11.5 Å². The molecule has 7 heteroatoms. The smallest absolute Gasteiger partial charge is 0.317 e. The van der Waals surface area contributed by atoms with E-state index in [1.807, 2.05) is 78.9 Å². The Labute approximate surface area is 200 Å². The van der Waals surface area contributed by atoms with E-state index in [0.717, 1.165) is 16.7 Å². The van der Waals surface area contributed by atoms with E-state index in [-0.39, 0.29) is 24.9 Å². The van der Waals surface area contributed by atoms with Gasteiger partial charge in [-0.15, -0.1) is 0 Å². The lowest BCUT2D eigenvalue weighted by atomic mass is 10.2. The maximum atomic E-state index is 12.2. The molecule has 7 nitrogen and oxygen atoms in total. The van der Waals surface area contributed by atoms with E-state index >= 15 is 0 Å². The van der Waals surface area contributed by atoms with Crippen molar-refractivity contribution < 1.29 is 19.1 Å². The van der Waals surface area contributed by atoms with Gasteiger partial charge in [0.1, 0.15) is 6.61 Å². The second kappa shape index (κ2) is 12.9. The van der Waals surface area contributed by atoms with Crippen LogP contribution in [0.3, 0.4) is 0 Å². The van der Waals surface area contributed by atoms with Gasteiger partial charge in [0.2, 0.25) is 5.91 Å². The summed E-state index contributed by atoms with van der Waals surface area (Å²) in [7, 11) is 3.31. The Balaban J connectivity index is 1.39. The van der Waals surface area contributed by atoms with Gasteiger partial charge in [0.05, 0.1) is 7.11 Å². The van der Waals surface area contributed by atoms with Crippen molar-refractivity contribution in [1.29, 1.82) is 0 Å². The number of amides is 3. The largest absolute Gasteiger partial charge is 0.493 e. The zero-order valence-corrected chi connectivity index (χ0v) is 19.6. The van der Waals surface area contributed by atoms with Crippen LogP contribution in [0.25, 0.3) is 0 Å². The van der Waals surface area contributed by atoms with Crippen molar-refractivity contribution in [2.75, 3.05) is 20.7 Å². The van der Waals surface area contributed by atoms with Crippen molar-refractivity contribution in [2.24, 2.45) is 0 Å². The van der Waals surface area contributed by atoms with Gasteiger partial charge in [0.25, 0.3) is 0 Å². The topological polar surface area (TPSA) is 79.9 Å². The minimum absolute atomic E-state index is 0.144. The second-order valence-corrected chi connectivity index (χ2v) is 7.86. The van der Waals surface area contributed by atoms with Gasteiger partial charge in [0.15, 0.2) is 11.5 Å². The summed E-state index contributed by atoms with van der Waals surface area (Å²) in [6.45, 7) is 1.57. The Morgan fingerprint density at radius 1 is 0.824 bits per heavy atom. The number of benzene rings is 3. The number of carbonyl (C=O) groups excluding carboxylic acids is 2. The number of ether oxygens (including phenoxy) is 2. The number of carbonyl (C=O) groups is 2. The van der Waals surface area contributed by atoms with Crippen molar-refractivity contribution in [3.63, 3.8) is 0 Å². The highest BCUT2D eigenvalue weighted by molar-refractivity contribution is 5.78. The monoisotopic (exact) mass is 461 g/mol. The van der Waals surface area contributed by atoms with Gasteiger partial charge in [-0.25, -0.2) is 4.79 Å². The maximum absolute atomic E-state index is 12.2. The van der Waals surface area contributed by atoms with E-state index in [9.17, 15) is 9.59 Å². The normalized spacial score (nSPS) is 10.3. The summed E-state index contributed by atoms with van der Waals surface area (Å²) in [6, 6.07) is 25.0. The Morgan fingerprint density at radius 3 is 2.18 bits per heavy atom. The van der Waals surface area contributed by atoms with Crippen LogP contribution in [0.15, 0.2) is 78.9 Å². The summed E-state index contributed by atoms with van der Waals surface area (Å²) in [4.78, 5) is 26.0. The van der Waals surface area contributed by atoms with Gasteiger partial charge in [-0.3, -0.25) is 4.79 Å². The number of hydrogen-bond acceptors (Lipinski definition) is 4. The van der Waals surface area contributed by atoms with Crippen LogP contribution < -0.4 is 20.1 Å². The fraction of sp³-hybridized carbons (Fsp3) is 0.259. The fourth-order valence-electron chi connectivity index (χ4n) is 3.31. The maximum Gasteiger partial charge on any atom is 0.317 e. The van der Waals surface area contributed by atoms with E-state index in [1.54, 1.807) is 19.1 Å². The Bertz CT molecular complexity index is 1060. The lowest BCUT2D eigenvalue weighted by Crippen LogP contribution is -2.38. The molecule has 0 aliphatic carbocycles. The standard InChI is InChI=1S/C27H31N3O4/c1-30(19-21-9-5-3-6-10-21)27(32)28-16-15-26(31)29-18-23-13-14-24(25(17-23)33-2)34-20-22-11-7-4-8-12-22/h3-14,17H,15-16,18-20H2,1-2H3,(H,28,32)(H,29,31). The molecular weight excluding hydrogens is 430 g/mol. The molecule has 0 saturated carbocycles. The van der Waals surface area contributed by atoms with Gasteiger partial charge in [-0.1, -0.05) is 66.7 Å². The molecule has 3 aromatic rings. The number of methoxy groups -OCH3 is 1. The minimum atomic E-state index is -0.215. The van der Waals surface area contributed by atoms with Crippen LogP contribution in [-0.2, 0) is 24.5 Å². The molecule has 0 atom stereocenters. The number of nitrogens with one attached hydrogen (secondary N) is 2. The Kier molecular flexibility index (Phi) is 9.34. The van der Waals surface area contributed by atoms with Crippen LogP contribution >= 0.6 is 0 Å². The molecule has 0 aliphatic rings. The first-order valence-corrected chi connectivity index (χ1v) is 11.2. The first-order chi connectivity index (χ1) is 16.5. The number of hydrogen-bond donors (Lipinski definition) is 2. The molecule has 0 aromatic heterocycles. The van der Waals surface area contributed by atoms with Gasteiger partial charge in [-0.05, 0) is 28.8 Å². The molecule has 0 spiro atoms. The average Bonchev–Trinajstić information content (AvgIpc) is 2.87. The molecule has 34 heavy (non-hydrogen) atoms. The highest BCUT2D eigenvalue weighted by atomic mass is 16.5. The quantitative estimate of drug-likeness (QED) is 0.450. The van der Waals surface area contributed by atoms with Crippen LogP contribution in [0.1, 0.15) is 23.1 Å². The molecule has 178 valence electrons. The van der Waals surface area contributed by atoms with Crippen LogP contribution in [0.5, 0.6) is 11.5 Å². The highest BCUT2D eigenvalue weighted by Crippen LogP contribution is 2.28. The second-order valence-electron chi connectivity index (χ2n) is 7.86. The first-order valence-electron chi connectivity index (χ1n) is 11.2. The molecule has 0 radical (unpaired) electrons. The summed E-state index contributed by atoms with van der Waals surface area (Å²) in [6.07, 6.45) is 0.195. The summed E-state index contributed by atoms with van der Waals surface area (Å²) < 4.78 is 11.3. The molecule has 0 fully saturated rings. The van der Waals surface area contributed by atoms with Gasteiger partial charge in [0, 0.05) is 33.1 Å². The third kappa shape index (κ3) is 7.85. The molecule has 3 amide bonds. The zero-order chi connectivity index (χ0) is 24.2. The Hall–Kier alpha value is -4.00. The van der Waals surface area contributed by atoms with Crippen molar-refractivity contribution in [2.45, 2.75) is 26.1 Å². The third-order valence-electron chi connectivity index (χ3n) is 5.19. The minimum Gasteiger partial charge on any atom is -0.493 e. The van der Waals surface area contributed by atoms with Crippen LogP contribution in [0.4, 0.5) is 4.79 Å². The van der Waals surface area contributed by atoms with E-state index in [1.165, 1.54) is 0 Å². The van der Waals surface area contributed by atoms with E-state index in [0.29, 0.717) is 31.2 Å². The molecule has 0 saturated heterocycles. The predicted molar refractivity (Wildman–Crippen MR) is 132 cm³/mol. The van der Waals surface area contributed by atoms with Gasteiger partial charge in [-0.2, -0.15) is 0 Å². The van der Waals surface area contributed by atoms with E-state index < -0.39 is 0 Å². The van der Waals surface area contributed by atoms with Gasteiger partial charge >= 0.3 is 6.03 Å². The predicted octanol–water partition coefficient (Wildman–Crippen LogP) is 4.12. The lowest BCUT2D eigenvalue weighted by Gasteiger charge is -2.18. The molecule has 0 heterocycles. The van der Waals surface area contributed by atoms with E-state index in [2.05, 4.69) is 10.6 Å². The molecule has 0 unspecified atom stereocenters. The zero-order valence-electron chi connectivity index (χ0n) is 19.6. The lowest BCUT2D eigenvalue weighted by molar-refractivity contribution is -0.121. The average molecular weight is 462 g/mol. The summed E-state index contributed by atoms with van der Waals surface area (Å²) in [5, 5.41) is 5.64. The molecule has 3 aromatic carbocycles.